The molecule has 1 fully saturated rings. The van der Waals surface area contributed by atoms with Crippen LogP contribution in [0.15, 0.2) is 24.3 Å². The van der Waals surface area contributed by atoms with E-state index >= 15 is 0 Å². The molecule has 0 aromatic heterocycles. The lowest BCUT2D eigenvalue weighted by atomic mass is 10.1. The summed E-state index contributed by atoms with van der Waals surface area (Å²) in [5.74, 6) is -1.25. The lowest BCUT2D eigenvalue weighted by Gasteiger charge is -2.18. The summed E-state index contributed by atoms with van der Waals surface area (Å²) in [5, 5.41) is 13.0. The third kappa shape index (κ3) is 5.76. The van der Waals surface area contributed by atoms with Gasteiger partial charge < -0.3 is 15.3 Å². The minimum Gasteiger partial charge on any atom is -0.391 e. The van der Waals surface area contributed by atoms with Gasteiger partial charge in [0.15, 0.2) is 0 Å². The summed E-state index contributed by atoms with van der Waals surface area (Å²) in [6.45, 7) is 2.26. The van der Waals surface area contributed by atoms with Crippen LogP contribution in [0.2, 0.25) is 0 Å². The monoisotopic (exact) mass is 411 g/mol. The van der Waals surface area contributed by atoms with Gasteiger partial charge in [-0.25, -0.2) is 12.7 Å². The van der Waals surface area contributed by atoms with Gasteiger partial charge in [-0.2, -0.15) is 0 Å². The first-order valence-electron chi connectivity index (χ1n) is 9.37. The third-order valence-electron chi connectivity index (χ3n) is 4.98. The van der Waals surface area contributed by atoms with Crippen LogP contribution in [0.25, 0.3) is 0 Å². The van der Waals surface area contributed by atoms with E-state index in [-0.39, 0.29) is 43.5 Å². The van der Waals surface area contributed by atoms with Crippen LogP contribution in [0.4, 0.5) is 5.69 Å². The van der Waals surface area contributed by atoms with Crippen molar-refractivity contribution in [3.05, 3.63) is 29.8 Å². The van der Waals surface area contributed by atoms with E-state index in [1.54, 1.807) is 0 Å². The number of rotatable bonds is 8. The molecule has 0 radical (unpaired) electrons. The number of nitrogens with one attached hydrogen (secondary N) is 1. The van der Waals surface area contributed by atoms with Crippen LogP contribution in [0.5, 0.6) is 0 Å². The molecule has 1 heterocycles. The van der Waals surface area contributed by atoms with Crippen molar-refractivity contribution in [2.45, 2.75) is 32.3 Å². The molecule has 2 N–H and O–H groups in total. The molecule has 8 nitrogen and oxygen atoms in total. The predicted molar refractivity (Wildman–Crippen MR) is 107 cm³/mol. The lowest BCUT2D eigenvalue weighted by Crippen LogP contribution is -2.33. The van der Waals surface area contributed by atoms with E-state index in [2.05, 4.69) is 5.32 Å². The van der Waals surface area contributed by atoms with Crippen molar-refractivity contribution in [2.24, 2.45) is 5.92 Å². The molecule has 0 saturated carbocycles. The fraction of sp³-hybridized carbons (Fsp3) is 0.579. The van der Waals surface area contributed by atoms with Crippen LogP contribution in [-0.4, -0.2) is 73.6 Å². The molecule has 2 amide bonds. The Labute approximate surface area is 166 Å². The Balaban J connectivity index is 1.85. The van der Waals surface area contributed by atoms with Crippen LogP contribution in [-0.2, 0) is 26.0 Å². The Kier molecular flexibility index (Phi) is 7.56. The molecule has 1 aliphatic heterocycles. The molecule has 1 aliphatic rings. The van der Waals surface area contributed by atoms with Gasteiger partial charge in [0.1, 0.15) is 0 Å². The van der Waals surface area contributed by atoms with Crippen LogP contribution in [0.1, 0.15) is 25.3 Å². The molecule has 2 rings (SSSR count). The van der Waals surface area contributed by atoms with Crippen molar-refractivity contribution in [3.8, 4) is 0 Å². The highest BCUT2D eigenvalue weighted by Crippen LogP contribution is 2.21. The number of hydrogen-bond acceptors (Lipinski definition) is 5. The van der Waals surface area contributed by atoms with Crippen molar-refractivity contribution < 1.29 is 23.1 Å². The summed E-state index contributed by atoms with van der Waals surface area (Å²) < 4.78 is 25.1. The number of benzene rings is 1. The maximum Gasteiger partial charge on any atom is 0.224 e. The zero-order valence-electron chi connectivity index (χ0n) is 16.6. The quantitative estimate of drug-likeness (QED) is 0.654. The van der Waals surface area contributed by atoms with Gasteiger partial charge in [0.2, 0.25) is 21.8 Å². The summed E-state index contributed by atoms with van der Waals surface area (Å²) in [6.07, 6.45) is -0.0495. The second-order valence-corrected chi connectivity index (χ2v) is 9.47. The van der Waals surface area contributed by atoms with Gasteiger partial charge in [-0.3, -0.25) is 9.59 Å². The molecule has 1 aromatic carbocycles. The first-order valence-corrected chi connectivity index (χ1v) is 11.0. The molecule has 2 atom stereocenters. The molecule has 156 valence electrons. The topological polar surface area (TPSA) is 107 Å². The van der Waals surface area contributed by atoms with E-state index in [1.165, 1.54) is 19.0 Å². The number of carbonyl (C=O) groups is 2. The van der Waals surface area contributed by atoms with Crippen molar-refractivity contribution in [1.82, 2.24) is 9.21 Å². The maximum absolute atomic E-state index is 12.4. The first kappa shape index (κ1) is 22.3. The number of aliphatic hydroxyl groups excluding tert-OH is 1. The minimum absolute atomic E-state index is 0.0139. The highest BCUT2D eigenvalue weighted by molar-refractivity contribution is 7.89. The molecular weight excluding hydrogens is 382 g/mol. The van der Waals surface area contributed by atoms with E-state index < -0.39 is 22.0 Å². The number of anilines is 1. The summed E-state index contributed by atoms with van der Waals surface area (Å²) in [7, 11) is -0.581. The van der Waals surface area contributed by atoms with E-state index in [0.717, 1.165) is 22.0 Å². The number of para-hydroxylation sites is 1. The van der Waals surface area contributed by atoms with Crippen molar-refractivity contribution in [1.29, 1.82) is 0 Å². The van der Waals surface area contributed by atoms with Gasteiger partial charge in [-0.05, 0) is 18.1 Å². The van der Waals surface area contributed by atoms with Crippen LogP contribution in [0, 0.1) is 5.92 Å². The number of aryl methyl sites for hydroxylation is 1. The van der Waals surface area contributed by atoms with E-state index in [1.807, 2.05) is 31.2 Å². The summed E-state index contributed by atoms with van der Waals surface area (Å²) in [6, 6.07) is 7.51. The maximum atomic E-state index is 12.4. The second-order valence-electron chi connectivity index (χ2n) is 7.25. The molecule has 1 saturated heterocycles. The fourth-order valence-corrected chi connectivity index (χ4v) is 4.35. The minimum atomic E-state index is -3.46. The third-order valence-corrected chi connectivity index (χ3v) is 6.94. The van der Waals surface area contributed by atoms with E-state index in [9.17, 15) is 23.1 Å². The normalized spacial score (nSPS) is 19.8. The van der Waals surface area contributed by atoms with Crippen molar-refractivity contribution in [2.75, 3.05) is 38.3 Å². The molecule has 28 heavy (non-hydrogen) atoms. The zero-order valence-corrected chi connectivity index (χ0v) is 17.4. The van der Waals surface area contributed by atoms with Gasteiger partial charge in [-0.15, -0.1) is 0 Å². The Morgan fingerprint density at radius 3 is 2.54 bits per heavy atom. The largest absolute Gasteiger partial charge is 0.391 e. The van der Waals surface area contributed by atoms with Crippen LogP contribution < -0.4 is 5.32 Å². The number of nitrogens with zero attached hydrogens (tertiary/aromatic N) is 2. The van der Waals surface area contributed by atoms with E-state index in [4.69, 9.17) is 0 Å². The SMILES string of the molecule is CCc1ccccc1NC(=O)CCC(=O)N1C[C@@H](CS(=O)(=O)N(C)C)[C@H](O)C1. The Morgan fingerprint density at radius 1 is 1.21 bits per heavy atom. The molecule has 1 aromatic rings. The lowest BCUT2D eigenvalue weighted by molar-refractivity contribution is -0.132. The van der Waals surface area contributed by atoms with Gasteiger partial charge in [0.25, 0.3) is 0 Å². The zero-order chi connectivity index (χ0) is 20.9. The van der Waals surface area contributed by atoms with Crippen molar-refractivity contribution in [3.63, 3.8) is 0 Å². The summed E-state index contributed by atoms with van der Waals surface area (Å²) >= 11 is 0. The van der Waals surface area contributed by atoms with Crippen LogP contribution >= 0.6 is 0 Å². The molecule has 0 unspecified atom stereocenters. The number of likely N-dealkylation sites (tertiary alicyclic amines) is 1. The summed E-state index contributed by atoms with van der Waals surface area (Å²) in [5.41, 5.74) is 1.77. The number of sulfonamides is 1. The standard InChI is InChI=1S/C19H29N3O5S/c1-4-14-7-5-6-8-16(14)20-18(24)9-10-19(25)22-11-15(17(23)12-22)13-28(26,27)21(2)3/h5-8,15,17,23H,4,9-13H2,1-3H3,(H,20,24)/t15-,17+/m0/s1. The van der Waals surface area contributed by atoms with Gasteiger partial charge in [0, 0.05) is 51.6 Å². The summed E-state index contributed by atoms with van der Waals surface area (Å²) in [4.78, 5) is 26.0. The second kappa shape index (κ2) is 9.49. The van der Waals surface area contributed by atoms with Gasteiger partial charge in [0.05, 0.1) is 11.9 Å². The number of β-amino-alcohol motifs (C(OH)–C–C–N with tert-alkyl or cyclic N) is 1. The van der Waals surface area contributed by atoms with Gasteiger partial charge >= 0.3 is 0 Å². The number of aliphatic hydroxyl groups is 1. The highest BCUT2D eigenvalue weighted by atomic mass is 32.2. The number of hydrogen-bond donors (Lipinski definition) is 2. The molecule has 0 spiro atoms. The van der Waals surface area contributed by atoms with E-state index in [0.29, 0.717) is 0 Å². The van der Waals surface area contributed by atoms with Crippen molar-refractivity contribution >= 4 is 27.5 Å². The Hall–Kier alpha value is -1.97. The first-order chi connectivity index (χ1) is 13.1. The molecule has 9 heteroatoms. The Morgan fingerprint density at radius 2 is 1.89 bits per heavy atom. The Bertz CT molecular complexity index is 810. The smallest absolute Gasteiger partial charge is 0.224 e. The van der Waals surface area contributed by atoms with Gasteiger partial charge in [-0.1, -0.05) is 25.1 Å². The predicted octanol–water partition coefficient (Wildman–Crippen LogP) is 0.678. The molecular formula is C19H29N3O5S. The highest BCUT2D eigenvalue weighted by Gasteiger charge is 2.37. The fourth-order valence-electron chi connectivity index (χ4n) is 3.18. The van der Waals surface area contributed by atoms with Crippen LogP contribution in [0.3, 0.4) is 0 Å². The number of carbonyl (C=O) groups excluding carboxylic acids is 2. The molecule has 0 bridgehead atoms. The molecule has 0 aliphatic carbocycles. The average Bonchev–Trinajstić information content (AvgIpc) is 3.00. The average molecular weight is 412 g/mol. The number of amides is 2.